The van der Waals surface area contributed by atoms with Crippen molar-refractivity contribution in [2.24, 2.45) is 17.8 Å². The van der Waals surface area contributed by atoms with Gasteiger partial charge in [0.15, 0.2) is 0 Å². The summed E-state index contributed by atoms with van der Waals surface area (Å²) in [6, 6.07) is 30.7. The predicted octanol–water partition coefficient (Wildman–Crippen LogP) is 6.85. The molecule has 1 aliphatic carbocycles. The number of phenols is 1. The molecule has 0 radical (unpaired) electrons. The Balaban J connectivity index is 1.22. The SMILES string of the molecule is O=C1[C@@H]2[C@@H](CC(COc3ccccc3)=C3[C@@H](CC/C(=C/c4ccc(O)cc4)c4ccccc4)OB(O)C[C@@H]32)C(=O)N1Cc1cccs1. The van der Waals surface area contributed by atoms with Crippen LogP contribution in [0.4, 0.5) is 0 Å². The number of para-hydroxylation sites is 1. The normalized spacial score (nSPS) is 22.8. The van der Waals surface area contributed by atoms with Gasteiger partial charge in [-0.25, -0.2) is 0 Å². The molecule has 3 aliphatic rings. The second kappa shape index (κ2) is 13.7. The fourth-order valence-electron chi connectivity index (χ4n) is 7.37. The van der Waals surface area contributed by atoms with Crippen molar-refractivity contribution in [3.05, 3.63) is 130 Å². The number of rotatable bonds is 10. The zero-order valence-electron chi connectivity index (χ0n) is 25.9. The van der Waals surface area contributed by atoms with Crippen LogP contribution in [0.5, 0.6) is 11.5 Å². The minimum absolute atomic E-state index is 0.148. The van der Waals surface area contributed by atoms with Gasteiger partial charge in [0.2, 0.25) is 11.8 Å². The van der Waals surface area contributed by atoms with Crippen molar-refractivity contribution in [3.8, 4) is 11.5 Å². The van der Waals surface area contributed by atoms with Crippen LogP contribution in [-0.2, 0) is 20.8 Å². The minimum Gasteiger partial charge on any atom is -0.508 e. The molecule has 4 atom stereocenters. The summed E-state index contributed by atoms with van der Waals surface area (Å²) in [7, 11) is -1.06. The number of phenolic OH excluding ortho intramolecular Hbond substituents is 1. The summed E-state index contributed by atoms with van der Waals surface area (Å²) in [6.45, 7) is 0.543. The summed E-state index contributed by atoms with van der Waals surface area (Å²) in [5.41, 5.74) is 5.08. The fourth-order valence-corrected chi connectivity index (χ4v) is 8.07. The van der Waals surface area contributed by atoms with Crippen molar-refractivity contribution < 1.29 is 29.1 Å². The van der Waals surface area contributed by atoms with Crippen LogP contribution in [0.3, 0.4) is 0 Å². The topological polar surface area (TPSA) is 96.3 Å². The molecular weight excluding hydrogens is 609 g/mol. The smallest absolute Gasteiger partial charge is 0.455 e. The van der Waals surface area contributed by atoms with Gasteiger partial charge in [0.25, 0.3) is 0 Å². The average Bonchev–Trinajstić information content (AvgIpc) is 3.69. The molecule has 0 unspecified atom stereocenters. The molecule has 47 heavy (non-hydrogen) atoms. The van der Waals surface area contributed by atoms with Gasteiger partial charge in [0, 0.05) is 4.88 Å². The first-order valence-corrected chi connectivity index (χ1v) is 17.0. The van der Waals surface area contributed by atoms with E-state index in [1.807, 2.05) is 78.2 Å². The lowest BCUT2D eigenvalue weighted by atomic mass is 9.58. The minimum atomic E-state index is -1.06. The van der Waals surface area contributed by atoms with Gasteiger partial charge in [-0.15, -0.1) is 11.3 Å². The highest BCUT2D eigenvalue weighted by molar-refractivity contribution is 7.09. The zero-order valence-corrected chi connectivity index (χ0v) is 26.7. The van der Waals surface area contributed by atoms with E-state index >= 15 is 0 Å². The van der Waals surface area contributed by atoms with Gasteiger partial charge in [0.05, 0.1) is 24.5 Å². The van der Waals surface area contributed by atoms with Crippen molar-refractivity contribution in [1.29, 1.82) is 0 Å². The van der Waals surface area contributed by atoms with Crippen LogP contribution < -0.4 is 4.74 Å². The van der Waals surface area contributed by atoms with E-state index < -0.39 is 25.1 Å². The molecule has 7 nitrogen and oxygen atoms in total. The maximum Gasteiger partial charge on any atom is 0.455 e. The van der Waals surface area contributed by atoms with Gasteiger partial charge in [-0.05, 0) is 95.1 Å². The quantitative estimate of drug-likeness (QED) is 0.0848. The summed E-state index contributed by atoms with van der Waals surface area (Å²) in [6.07, 6.45) is 3.52. The van der Waals surface area contributed by atoms with Crippen molar-refractivity contribution in [1.82, 2.24) is 4.90 Å². The highest BCUT2D eigenvalue weighted by atomic mass is 32.1. The van der Waals surface area contributed by atoms with Gasteiger partial charge in [-0.2, -0.15) is 0 Å². The van der Waals surface area contributed by atoms with Gasteiger partial charge < -0.3 is 19.5 Å². The van der Waals surface area contributed by atoms with Crippen LogP contribution in [0.25, 0.3) is 11.6 Å². The first kappa shape index (κ1) is 31.2. The lowest BCUT2D eigenvalue weighted by Crippen LogP contribution is -2.46. The number of aromatic hydroxyl groups is 1. The number of likely N-dealkylation sites (tertiary alicyclic amines) is 1. The number of nitrogens with zero attached hydrogens (tertiary/aromatic N) is 1. The summed E-state index contributed by atoms with van der Waals surface area (Å²) in [5, 5.41) is 22.8. The maximum atomic E-state index is 14.0. The Hall–Kier alpha value is -4.44. The van der Waals surface area contributed by atoms with E-state index in [1.165, 1.54) is 16.2 Å². The number of allylic oxidation sites excluding steroid dienone is 1. The van der Waals surface area contributed by atoms with Gasteiger partial charge in [0.1, 0.15) is 18.1 Å². The molecule has 0 bridgehead atoms. The van der Waals surface area contributed by atoms with E-state index in [-0.39, 0.29) is 43.0 Å². The lowest BCUT2D eigenvalue weighted by Gasteiger charge is -2.43. The Morgan fingerprint density at radius 3 is 2.40 bits per heavy atom. The third kappa shape index (κ3) is 6.70. The molecule has 0 spiro atoms. The summed E-state index contributed by atoms with van der Waals surface area (Å²) >= 11 is 1.53. The van der Waals surface area contributed by atoms with Crippen LogP contribution in [0, 0.1) is 17.8 Å². The molecule has 2 aliphatic heterocycles. The monoisotopic (exact) mass is 645 g/mol. The highest BCUT2D eigenvalue weighted by Gasteiger charge is 2.57. The van der Waals surface area contributed by atoms with E-state index in [0.717, 1.165) is 38.5 Å². The second-order valence-electron chi connectivity index (χ2n) is 12.4. The van der Waals surface area contributed by atoms with Gasteiger partial charge in [-0.3, -0.25) is 14.5 Å². The predicted molar refractivity (Wildman–Crippen MR) is 183 cm³/mol. The van der Waals surface area contributed by atoms with E-state index in [2.05, 4.69) is 18.2 Å². The largest absolute Gasteiger partial charge is 0.508 e. The number of ether oxygens (including phenoxy) is 1. The Labute approximate surface area is 278 Å². The number of hydrogen-bond donors (Lipinski definition) is 2. The van der Waals surface area contributed by atoms with Gasteiger partial charge >= 0.3 is 7.12 Å². The molecule has 1 aromatic heterocycles. The molecule has 2 saturated heterocycles. The first-order valence-electron chi connectivity index (χ1n) is 16.1. The average molecular weight is 646 g/mol. The van der Waals surface area contributed by atoms with E-state index in [1.54, 1.807) is 12.1 Å². The maximum absolute atomic E-state index is 14.0. The number of hydrogen-bond acceptors (Lipinski definition) is 7. The number of carbonyl (C=O) groups is 2. The molecule has 2 amide bonds. The van der Waals surface area contributed by atoms with E-state index in [4.69, 9.17) is 9.39 Å². The van der Waals surface area contributed by atoms with Crippen molar-refractivity contribution in [2.45, 2.75) is 38.2 Å². The standard InChI is InChI=1S/C38H36BNO6S/c41-29-16-13-25(14-17-29)20-27(26-8-3-1-4-9-26)15-18-34-35-28(24-45-30-10-5-2-6-11-30)21-32-36(33(35)22-39(44)46-34)38(43)40(37(32)42)23-31-12-7-19-47-31/h1-14,16-17,19-20,32-34,36,41,44H,15,18,21-24H2/b27-20-/t32-,33+,34-,36-/m1/s1. The molecular formula is C38H36BNO6S. The Morgan fingerprint density at radius 1 is 0.936 bits per heavy atom. The number of amides is 2. The third-order valence-corrected chi connectivity index (χ3v) is 10.4. The Kier molecular flexibility index (Phi) is 9.11. The molecule has 2 N–H and O–H groups in total. The van der Waals surface area contributed by atoms with Crippen LogP contribution in [0.2, 0.25) is 6.32 Å². The lowest BCUT2D eigenvalue weighted by molar-refractivity contribution is -0.140. The number of thiophene rings is 1. The number of carbonyl (C=O) groups excluding carboxylic acids is 2. The van der Waals surface area contributed by atoms with Crippen LogP contribution in [0.1, 0.15) is 35.3 Å². The van der Waals surface area contributed by atoms with Gasteiger partial charge in [-0.1, -0.05) is 72.8 Å². The van der Waals surface area contributed by atoms with Crippen molar-refractivity contribution >= 4 is 41.9 Å². The van der Waals surface area contributed by atoms with E-state index in [9.17, 15) is 19.7 Å². The Morgan fingerprint density at radius 2 is 1.68 bits per heavy atom. The summed E-state index contributed by atoms with van der Waals surface area (Å²) < 4.78 is 12.5. The first-order chi connectivity index (χ1) is 22.9. The molecule has 3 aromatic carbocycles. The third-order valence-electron chi connectivity index (χ3n) is 9.50. The van der Waals surface area contributed by atoms with Crippen molar-refractivity contribution in [2.75, 3.05) is 6.61 Å². The number of imide groups is 1. The van der Waals surface area contributed by atoms with Crippen LogP contribution >= 0.6 is 11.3 Å². The molecule has 238 valence electrons. The molecule has 0 saturated carbocycles. The summed E-state index contributed by atoms with van der Waals surface area (Å²) in [4.78, 5) is 30.2. The number of fused-ring (bicyclic) bond motifs is 3. The van der Waals surface area contributed by atoms with Crippen molar-refractivity contribution in [3.63, 3.8) is 0 Å². The van der Waals surface area contributed by atoms with E-state index in [0.29, 0.717) is 19.3 Å². The zero-order chi connectivity index (χ0) is 32.3. The molecule has 9 heteroatoms. The molecule has 3 heterocycles. The molecule has 7 rings (SSSR count). The van der Waals surface area contributed by atoms with Crippen LogP contribution in [0.15, 0.2) is 114 Å². The van der Waals surface area contributed by atoms with Crippen LogP contribution in [-0.4, -0.2) is 46.7 Å². The highest BCUT2D eigenvalue weighted by Crippen LogP contribution is 2.51. The fraction of sp³-hybridized carbons (Fsp3) is 0.263. The summed E-state index contributed by atoms with van der Waals surface area (Å²) in [5.74, 6) is -0.743. The molecule has 4 aromatic rings. The second-order valence-corrected chi connectivity index (χ2v) is 13.5. The molecule has 2 fully saturated rings. The Bertz CT molecular complexity index is 1770. The number of benzene rings is 3.